The monoisotopic (exact) mass is 401 g/mol. The number of para-hydroxylation sites is 1. The predicted molar refractivity (Wildman–Crippen MR) is 122 cm³/mol. The maximum absolute atomic E-state index is 4.86. The van der Waals surface area contributed by atoms with Crippen LogP contribution in [0.5, 0.6) is 0 Å². The van der Waals surface area contributed by atoms with Crippen LogP contribution in [0.3, 0.4) is 0 Å². The summed E-state index contributed by atoms with van der Waals surface area (Å²) in [4.78, 5) is 9.02. The van der Waals surface area contributed by atoms with Crippen LogP contribution in [0.25, 0.3) is 16.6 Å². The van der Waals surface area contributed by atoms with Gasteiger partial charge in [-0.3, -0.25) is 4.98 Å². The van der Waals surface area contributed by atoms with Gasteiger partial charge in [0.05, 0.1) is 11.2 Å². The van der Waals surface area contributed by atoms with Crippen molar-refractivity contribution in [3.8, 4) is 5.69 Å². The SMILES string of the molecule is CSc1nn(-c2ccccc2)c2cc(N3CCN(c4ccncc4)CC3)ccc12. The van der Waals surface area contributed by atoms with Crippen LogP contribution in [-0.4, -0.2) is 47.2 Å². The number of nitrogens with zero attached hydrogens (tertiary/aromatic N) is 5. The highest BCUT2D eigenvalue weighted by atomic mass is 32.2. The van der Waals surface area contributed by atoms with E-state index in [1.165, 1.54) is 16.8 Å². The number of hydrogen-bond donors (Lipinski definition) is 0. The molecular formula is C23H23N5S. The summed E-state index contributed by atoms with van der Waals surface area (Å²) in [6, 6.07) is 21.3. The van der Waals surface area contributed by atoms with Gasteiger partial charge in [-0.15, -0.1) is 11.8 Å². The zero-order valence-corrected chi connectivity index (χ0v) is 17.2. The Bertz CT molecular complexity index is 1100. The first-order valence-corrected chi connectivity index (χ1v) is 11.1. The third kappa shape index (κ3) is 3.44. The minimum absolute atomic E-state index is 1.00. The molecule has 1 aliphatic rings. The Kier molecular flexibility index (Phi) is 4.86. The van der Waals surface area contributed by atoms with Crippen molar-refractivity contribution < 1.29 is 0 Å². The van der Waals surface area contributed by atoms with E-state index in [1.54, 1.807) is 11.8 Å². The fraction of sp³-hybridized carbons (Fsp3) is 0.217. The van der Waals surface area contributed by atoms with Crippen molar-refractivity contribution in [3.05, 3.63) is 73.1 Å². The van der Waals surface area contributed by atoms with E-state index in [2.05, 4.69) is 80.3 Å². The summed E-state index contributed by atoms with van der Waals surface area (Å²) in [5.74, 6) is 0. The Morgan fingerprint density at radius 3 is 2.14 bits per heavy atom. The lowest BCUT2D eigenvalue weighted by Crippen LogP contribution is -2.46. The molecule has 0 unspecified atom stereocenters. The van der Waals surface area contributed by atoms with Crippen molar-refractivity contribution in [2.75, 3.05) is 42.2 Å². The van der Waals surface area contributed by atoms with Crippen molar-refractivity contribution in [2.24, 2.45) is 0 Å². The van der Waals surface area contributed by atoms with E-state index in [0.29, 0.717) is 0 Å². The third-order valence-electron chi connectivity index (χ3n) is 5.50. The topological polar surface area (TPSA) is 37.2 Å². The van der Waals surface area contributed by atoms with Crippen LogP contribution >= 0.6 is 11.8 Å². The lowest BCUT2D eigenvalue weighted by molar-refractivity contribution is 0.653. The summed E-state index contributed by atoms with van der Waals surface area (Å²) < 4.78 is 2.07. The highest BCUT2D eigenvalue weighted by Crippen LogP contribution is 2.31. The number of anilines is 2. The van der Waals surface area contributed by atoms with Crippen molar-refractivity contribution >= 4 is 34.0 Å². The zero-order chi connectivity index (χ0) is 19.6. The number of pyridine rings is 1. The van der Waals surface area contributed by atoms with Crippen LogP contribution in [0.2, 0.25) is 0 Å². The lowest BCUT2D eigenvalue weighted by atomic mass is 10.2. The summed E-state index contributed by atoms with van der Waals surface area (Å²) in [7, 11) is 0. The molecule has 0 amide bonds. The number of aromatic nitrogens is 3. The number of rotatable bonds is 4. The lowest BCUT2D eigenvalue weighted by Gasteiger charge is -2.37. The molecule has 0 bridgehead atoms. The molecule has 5 nitrogen and oxygen atoms in total. The molecule has 1 saturated heterocycles. The summed E-state index contributed by atoms with van der Waals surface area (Å²) >= 11 is 1.70. The second-order valence-electron chi connectivity index (χ2n) is 7.14. The Morgan fingerprint density at radius 2 is 1.45 bits per heavy atom. The first kappa shape index (κ1) is 18.1. The zero-order valence-electron chi connectivity index (χ0n) is 16.4. The van der Waals surface area contributed by atoms with Crippen molar-refractivity contribution in [2.45, 2.75) is 5.03 Å². The first-order chi connectivity index (χ1) is 14.3. The molecule has 0 saturated carbocycles. The van der Waals surface area contributed by atoms with E-state index in [0.717, 1.165) is 42.4 Å². The van der Waals surface area contributed by atoms with Gasteiger partial charge < -0.3 is 9.80 Å². The van der Waals surface area contributed by atoms with E-state index in [9.17, 15) is 0 Å². The van der Waals surface area contributed by atoms with Crippen LogP contribution in [0.1, 0.15) is 0 Å². The van der Waals surface area contributed by atoms with E-state index >= 15 is 0 Å². The highest BCUT2D eigenvalue weighted by molar-refractivity contribution is 7.98. The number of thioether (sulfide) groups is 1. The number of fused-ring (bicyclic) bond motifs is 1. The Balaban J connectivity index is 1.44. The standard InChI is InChI=1S/C23H23N5S/c1-29-23-21-8-7-20(17-22(21)28(25-23)19-5-3-2-4-6-19)27-15-13-26(14-16-27)18-9-11-24-12-10-18/h2-12,17H,13-16H2,1H3. The molecule has 0 aliphatic carbocycles. The minimum Gasteiger partial charge on any atom is -0.368 e. The normalized spacial score (nSPS) is 14.5. The maximum atomic E-state index is 4.86. The molecule has 0 atom stereocenters. The third-order valence-corrected chi connectivity index (χ3v) is 6.19. The Morgan fingerprint density at radius 1 is 0.759 bits per heavy atom. The second kappa shape index (κ2) is 7.79. The quantitative estimate of drug-likeness (QED) is 0.472. The predicted octanol–water partition coefficient (Wildman–Crippen LogP) is 4.47. The molecule has 2 aromatic heterocycles. The molecule has 1 fully saturated rings. The van der Waals surface area contributed by atoms with Crippen LogP contribution in [0.4, 0.5) is 11.4 Å². The molecular weight excluding hydrogens is 378 g/mol. The van der Waals surface area contributed by atoms with E-state index in [1.807, 2.05) is 18.5 Å². The van der Waals surface area contributed by atoms with E-state index in [4.69, 9.17) is 5.10 Å². The average molecular weight is 402 g/mol. The molecule has 29 heavy (non-hydrogen) atoms. The summed E-state index contributed by atoms with van der Waals surface area (Å²) in [5.41, 5.74) is 4.77. The van der Waals surface area contributed by atoms with Crippen LogP contribution in [0.15, 0.2) is 78.1 Å². The van der Waals surface area contributed by atoms with E-state index in [-0.39, 0.29) is 0 Å². The fourth-order valence-electron chi connectivity index (χ4n) is 3.97. The first-order valence-electron chi connectivity index (χ1n) is 9.85. The van der Waals surface area contributed by atoms with Crippen LogP contribution in [0, 0.1) is 0 Å². The van der Waals surface area contributed by atoms with Crippen molar-refractivity contribution in [1.82, 2.24) is 14.8 Å². The second-order valence-corrected chi connectivity index (χ2v) is 7.93. The summed E-state index contributed by atoms with van der Waals surface area (Å²) in [5, 5.41) is 7.14. The molecule has 4 aromatic rings. The fourth-order valence-corrected chi connectivity index (χ4v) is 4.52. The number of piperazine rings is 1. The van der Waals surface area contributed by atoms with Crippen molar-refractivity contribution in [3.63, 3.8) is 0 Å². The molecule has 1 aliphatic heterocycles. The van der Waals surface area contributed by atoms with Gasteiger partial charge in [0.25, 0.3) is 0 Å². The van der Waals surface area contributed by atoms with Gasteiger partial charge in [-0.1, -0.05) is 18.2 Å². The van der Waals surface area contributed by atoms with Gasteiger partial charge in [0.15, 0.2) is 0 Å². The molecule has 3 heterocycles. The molecule has 146 valence electrons. The molecule has 6 heteroatoms. The van der Waals surface area contributed by atoms with Crippen LogP contribution < -0.4 is 9.80 Å². The van der Waals surface area contributed by atoms with Gasteiger partial charge in [0.2, 0.25) is 0 Å². The summed E-state index contributed by atoms with van der Waals surface area (Å²) in [6.07, 6.45) is 5.82. The molecule has 2 aromatic carbocycles. The minimum atomic E-state index is 1.00. The van der Waals surface area contributed by atoms with Gasteiger partial charge in [-0.05, 0) is 48.7 Å². The number of hydrogen-bond acceptors (Lipinski definition) is 5. The average Bonchev–Trinajstić information content (AvgIpc) is 3.18. The maximum Gasteiger partial charge on any atom is 0.126 e. The molecule has 0 spiro atoms. The Labute approximate surface area is 175 Å². The molecule has 0 N–H and O–H groups in total. The van der Waals surface area contributed by atoms with Gasteiger partial charge in [0.1, 0.15) is 5.03 Å². The Hall–Kier alpha value is -2.99. The summed E-state index contributed by atoms with van der Waals surface area (Å²) in [6.45, 7) is 4.03. The molecule has 5 rings (SSSR count). The van der Waals surface area contributed by atoms with E-state index < -0.39 is 0 Å². The molecule has 0 radical (unpaired) electrons. The largest absolute Gasteiger partial charge is 0.368 e. The van der Waals surface area contributed by atoms with Crippen LogP contribution in [-0.2, 0) is 0 Å². The van der Waals surface area contributed by atoms with Gasteiger partial charge in [0, 0.05) is 55.3 Å². The van der Waals surface area contributed by atoms with Crippen molar-refractivity contribution in [1.29, 1.82) is 0 Å². The van der Waals surface area contributed by atoms with Gasteiger partial charge in [-0.2, -0.15) is 5.10 Å². The highest BCUT2D eigenvalue weighted by Gasteiger charge is 2.19. The van der Waals surface area contributed by atoms with Gasteiger partial charge in [-0.25, -0.2) is 4.68 Å². The number of benzene rings is 2. The van der Waals surface area contributed by atoms with Gasteiger partial charge >= 0.3 is 0 Å². The smallest absolute Gasteiger partial charge is 0.126 e.